The molecule has 2 rings (SSSR count). The highest BCUT2D eigenvalue weighted by atomic mass is 16.5. The van der Waals surface area contributed by atoms with Crippen molar-refractivity contribution in [2.24, 2.45) is 5.73 Å². The van der Waals surface area contributed by atoms with E-state index in [9.17, 15) is 0 Å². The van der Waals surface area contributed by atoms with Crippen LogP contribution in [0.4, 0.5) is 0 Å². The lowest BCUT2D eigenvalue weighted by Crippen LogP contribution is -2.13. The van der Waals surface area contributed by atoms with Crippen LogP contribution in [-0.2, 0) is 0 Å². The Balaban J connectivity index is 2.34. The quantitative estimate of drug-likeness (QED) is 0.874. The second-order valence-corrected chi connectivity index (χ2v) is 4.11. The molecule has 0 saturated carbocycles. The highest BCUT2D eigenvalue weighted by Crippen LogP contribution is 2.25. The molecule has 0 aromatic heterocycles. The zero-order valence-electron chi connectivity index (χ0n) is 10.2. The zero-order chi connectivity index (χ0) is 12.3. The molecule has 17 heavy (non-hydrogen) atoms. The molecule has 0 aliphatic carbocycles. The van der Waals surface area contributed by atoms with Crippen LogP contribution in [0.15, 0.2) is 48.5 Å². The minimum atomic E-state index is -0.0814. The summed E-state index contributed by atoms with van der Waals surface area (Å²) in [6, 6.07) is 16.0. The van der Waals surface area contributed by atoms with E-state index < -0.39 is 0 Å². The molecule has 2 aromatic carbocycles. The summed E-state index contributed by atoms with van der Waals surface area (Å²) >= 11 is 0. The highest BCUT2D eigenvalue weighted by Gasteiger charge is 2.11. The van der Waals surface area contributed by atoms with Crippen molar-refractivity contribution < 1.29 is 4.74 Å². The molecule has 0 aliphatic heterocycles. The van der Waals surface area contributed by atoms with Gasteiger partial charge in [-0.05, 0) is 35.7 Å². The molecule has 0 bridgehead atoms. The summed E-state index contributed by atoms with van der Waals surface area (Å²) in [6.07, 6.45) is 0. The van der Waals surface area contributed by atoms with Crippen LogP contribution in [0, 0.1) is 6.92 Å². The number of hydrogen-bond donors (Lipinski definition) is 1. The van der Waals surface area contributed by atoms with Crippen molar-refractivity contribution in [3.8, 4) is 5.75 Å². The molecule has 2 N–H and O–H groups in total. The van der Waals surface area contributed by atoms with E-state index in [1.807, 2.05) is 48.5 Å². The van der Waals surface area contributed by atoms with Gasteiger partial charge in [-0.1, -0.05) is 36.4 Å². The van der Waals surface area contributed by atoms with E-state index in [0.717, 1.165) is 22.4 Å². The Morgan fingerprint density at radius 2 is 1.76 bits per heavy atom. The first-order valence-electron chi connectivity index (χ1n) is 5.67. The first-order chi connectivity index (χ1) is 8.22. The number of benzene rings is 2. The topological polar surface area (TPSA) is 35.2 Å². The van der Waals surface area contributed by atoms with Gasteiger partial charge < -0.3 is 10.5 Å². The van der Waals surface area contributed by atoms with E-state index in [4.69, 9.17) is 10.5 Å². The Morgan fingerprint density at radius 1 is 1.06 bits per heavy atom. The third-order valence-corrected chi connectivity index (χ3v) is 2.97. The monoisotopic (exact) mass is 227 g/mol. The molecule has 2 nitrogen and oxygen atoms in total. The summed E-state index contributed by atoms with van der Waals surface area (Å²) in [7, 11) is 1.67. The summed E-state index contributed by atoms with van der Waals surface area (Å²) in [5, 5.41) is 0. The van der Waals surface area contributed by atoms with Gasteiger partial charge in [-0.2, -0.15) is 0 Å². The smallest absolute Gasteiger partial charge is 0.119 e. The van der Waals surface area contributed by atoms with E-state index in [2.05, 4.69) is 6.92 Å². The number of hydrogen-bond acceptors (Lipinski definition) is 2. The zero-order valence-corrected chi connectivity index (χ0v) is 10.2. The Hall–Kier alpha value is -1.80. The Kier molecular flexibility index (Phi) is 3.45. The van der Waals surface area contributed by atoms with Crippen LogP contribution in [0.2, 0.25) is 0 Å². The number of ether oxygens (including phenoxy) is 1. The number of nitrogens with two attached hydrogens (primary N) is 1. The van der Waals surface area contributed by atoms with Crippen LogP contribution in [0.3, 0.4) is 0 Å². The Morgan fingerprint density at radius 3 is 2.35 bits per heavy atom. The third-order valence-electron chi connectivity index (χ3n) is 2.97. The fourth-order valence-corrected chi connectivity index (χ4v) is 1.96. The van der Waals surface area contributed by atoms with Crippen molar-refractivity contribution in [1.29, 1.82) is 0 Å². The fraction of sp³-hybridized carbons (Fsp3) is 0.200. The molecule has 0 heterocycles. The lowest BCUT2D eigenvalue weighted by Gasteiger charge is -2.16. The third kappa shape index (κ3) is 2.48. The second-order valence-electron chi connectivity index (χ2n) is 4.11. The Labute approximate surface area is 102 Å². The van der Waals surface area contributed by atoms with Gasteiger partial charge in [-0.25, -0.2) is 0 Å². The van der Waals surface area contributed by atoms with Gasteiger partial charge in [0.05, 0.1) is 13.2 Å². The molecule has 0 aliphatic rings. The van der Waals surface area contributed by atoms with Crippen molar-refractivity contribution in [2.45, 2.75) is 13.0 Å². The van der Waals surface area contributed by atoms with Gasteiger partial charge in [-0.3, -0.25) is 0 Å². The largest absolute Gasteiger partial charge is 0.497 e. The molecule has 0 saturated heterocycles. The molecule has 88 valence electrons. The van der Waals surface area contributed by atoms with E-state index in [1.165, 1.54) is 0 Å². The Bertz CT molecular complexity index is 494. The van der Waals surface area contributed by atoms with Gasteiger partial charge in [0.25, 0.3) is 0 Å². The fourth-order valence-electron chi connectivity index (χ4n) is 1.96. The van der Waals surface area contributed by atoms with Crippen molar-refractivity contribution in [1.82, 2.24) is 0 Å². The molecule has 0 fully saturated rings. The van der Waals surface area contributed by atoms with Crippen LogP contribution in [-0.4, -0.2) is 7.11 Å². The van der Waals surface area contributed by atoms with E-state index >= 15 is 0 Å². The minimum Gasteiger partial charge on any atom is -0.497 e. The highest BCUT2D eigenvalue weighted by molar-refractivity contribution is 5.40. The van der Waals surface area contributed by atoms with Crippen LogP contribution >= 0.6 is 0 Å². The van der Waals surface area contributed by atoms with Crippen molar-refractivity contribution in [2.75, 3.05) is 7.11 Å². The molecular formula is C15H17NO. The first kappa shape index (κ1) is 11.7. The maximum atomic E-state index is 6.27. The lowest BCUT2D eigenvalue weighted by atomic mass is 9.96. The van der Waals surface area contributed by atoms with E-state index in [-0.39, 0.29) is 6.04 Å². The number of aryl methyl sites for hydroxylation is 1. The predicted octanol–water partition coefficient (Wildman–Crippen LogP) is 3.05. The molecular weight excluding hydrogens is 210 g/mol. The van der Waals surface area contributed by atoms with Crippen LogP contribution in [0.1, 0.15) is 22.7 Å². The molecule has 1 atom stereocenters. The van der Waals surface area contributed by atoms with Gasteiger partial charge in [0, 0.05) is 0 Å². The van der Waals surface area contributed by atoms with Gasteiger partial charge in [0.15, 0.2) is 0 Å². The molecule has 1 unspecified atom stereocenters. The van der Waals surface area contributed by atoms with Gasteiger partial charge in [-0.15, -0.1) is 0 Å². The molecule has 2 heteroatoms. The van der Waals surface area contributed by atoms with E-state index in [0.29, 0.717) is 0 Å². The predicted molar refractivity (Wildman–Crippen MR) is 70.2 cm³/mol. The normalized spacial score (nSPS) is 12.2. The van der Waals surface area contributed by atoms with Gasteiger partial charge >= 0.3 is 0 Å². The maximum Gasteiger partial charge on any atom is 0.119 e. The van der Waals surface area contributed by atoms with Crippen molar-refractivity contribution in [3.63, 3.8) is 0 Å². The van der Waals surface area contributed by atoms with Crippen molar-refractivity contribution in [3.05, 3.63) is 65.2 Å². The summed E-state index contributed by atoms with van der Waals surface area (Å²) < 4.78 is 5.19. The molecule has 0 amide bonds. The lowest BCUT2D eigenvalue weighted by molar-refractivity contribution is 0.414. The average Bonchev–Trinajstić information content (AvgIpc) is 2.39. The van der Waals surface area contributed by atoms with Crippen LogP contribution in [0.5, 0.6) is 5.75 Å². The summed E-state index contributed by atoms with van der Waals surface area (Å²) in [6.45, 7) is 2.06. The first-order valence-corrected chi connectivity index (χ1v) is 5.67. The summed E-state index contributed by atoms with van der Waals surface area (Å²) in [4.78, 5) is 0. The summed E-state index contributed by atoms with van der Waals surface area (Å²) in [5.41, 5.74) is 9.68. The van der Waals surface area contributed by atoms with Crippen molar-refractivity contribution >= 4 is 0 Å². The van der Waals surface area contributed by atoms with Crippen LogP contribution < -0.4 is 10.5 Å². The molecule has 0 radical (unpaired) electrons. The second kappa shape index (κ2) is 5.02. The standard InChI is InChI=1S/C15H17NO/c1-11-10-13(17-2)8-9-14(11)15(16)12-6-4-3-5-7-12/h3-10,15H,16H2,1-2H3. The van der Waals surface area contributed by atoms with Crippen LogP contribution in [0.25, 0.3) is 0 Å². The van der Waals surface area contributed by atoms with Gasteiger partial charge in [0.2, 0.25) is 0 Å². The molecule has 0 spiro atoms. The molecule has 2 aromatic rings. The number of methoxy groups -OCH3 is 1. The minimum absolute atomic E-state index is 0.0814. The number of rotatable bonds is 3. The van der Waals surface area contributed by atoms with E-state index in [1.54, 1.807) is 7.11 Å². The SMILES string of the molecule is COc1ccc(C(N)c2ccccc2)c(C)c1. The van der Waals surface area contributed by atoms with Gasteiger partial charge in [0.1, 0.15) is 5.75 Å². The summed E-state index contributed by atoms with van der Waals surface area (Å²) in [5.74, 6) is 0.867. The average molecular weight is 227 g/mol. The maximum absolute atomic E-state index is 6.27.